The molecule has 0 radical (unpaired) electrons. The Hall–Kier alpha value is -1.96. The average Bonchev–Trinajstić information content (AvgIpc) is 2.30. The molecule has 2 heteroatoms. The first-order chi connectivity index (χ1) is 7.36. The Balaban J connectivity index is 2.84. The van der Waals surface area contributed by atoms with Crippen molar-refractivity contribution in [2.75, 3.05) is 0 Å². The summed E-state index contributed by atoms with van der Waals surface area (Å²) in [6, 6.07) is 8.08. The van der Waals surface area contributed by atoms with Crippen LogP contribution in [0.2, 0.25) is 0 Å². The van der Waals surface area contributed by atoms with Crippen LogP contribution in [-0.2, 0) is 0 Å². The minimum Gasteiger partial charge on any atom is -0.259 e. The number of hydrogen-bond acceptors (Lipinski definition) is 2. The Morgan fingerprint density at radius 2 is 2.13 bits per heavy atom. The lowest BCUT2D eigenvalue weighted by Crippen LogP contribution is -1.84. The number of nitrogens with zero attached hydrogens (tertiary/aromatic N) is 2. The van der Waals surface area contributed by atoms with Gasteiger partial charge in [0.05, 0.1) is 11.4 Å². The molecule has 0 spiro atoms. The summed E-state index contributed by atoms with van der Waals surface area (Å²) < 4.78 is 0. The highest BCUT2D eigenvalue weighted by Gasteiger charge is 2.03. The number of rotatable bonds is 2. The van der Waals surface area contributed by atoms with Crippen LogP contribution in [0.4, 0.5) is 5.69 Å². The fourth-order valence-electron chi connectivity index (χ4n) is 1.58. The lowest BCUT2D eigenvalue weighted by molar-refractivity contribution is 1.31. The quantitative estimate of drug-likeness (QED) is 0.674. The molecule has 15 heavy (non-hydrogen) atoms. The van der Waals surface area contributed by atoms with Crippen LogP contribution in [0.5, 0.6) is 0 Å². The topological polar surface area (TPSA) is 25.2 Å². The molecule has 0 saturated carbocycles. The van der Waals surface area contributed by atoms with E-state index < -0.39 is 0 Å². The molecule has 0 bridgehead atoms. The first kappa shape index (κ1) is 9.59. The van der Waals surface area contributed by atoms with E-state index in [0.29, 0.717) is 0 Å². The first-order valence-corrected chi connectivity index (χ1v) is 4.85. The molecule has 0 fully saturated rings. The summed E-state index contributed by atoms with van der Waals surface area (Å²) >= 11 is 0. The van der Waals surface area contributed by atoms with Crippen molar-refractivity contribution < 1.29 is 0 Å². The Bertz CT molecular complexity index is 527. The number of pyridine rings is 1. The summed E-state index contributed by atoms with van der Waals surface area (Å²) in [5, 5.41) is 2.21. The van der Waals surface area contributed by atoms with Gasteiger partial charge in [-0.25, -0.2) is 0 Å². The number of benzene rings is 1. The van der Waals surface area contributed by atoms with Crippen molar-refractivity contribution >= 4 is 28.8 Å². The fourth-order valence-corrected chi connectivity index (χ4v) is 1.58. The van der Waals surface area contributed by atoms with E-state index in [9.17, 15) is 0 Å². The maximum Gasteiger partial charge on any atom is 0.0960 e. The van der Waals surface area contributed by atoms with Gasteiger partial charge in [-0.2, -0.15) is 0 Å². The van der Waals surface area contributed by atoms with E-state index in [2.05, 4.69) is 16.6 Å². The molecule has 2 aromatic rings. The fraction of sp³-hybridized carbons (Fsp3) is 0.0769. The summed E-state index contributed by atoms with van der Waals surface area (Å²) in [6.07, 6.45) is 5.35. The van der Waals surface area contributed by atoms with Crippen molar-refractivity contribution in [3.05, 3.63) is 42.7 Å². The van der Waals surface area contributed by atoms with Crippen molar-refractivity contribution in [2.45, 2.75) is 6.92 Å². The average molecular weight is 196 g/mol. The van der Waals surface area contributed by atoms with Gasteiger partial charge in [-0.05, 0) is 13.0 Å². The second kappa shape index (κ2) is 4.05. The van der Waals surface area contributed by atoms with E-state index in [1.54, 1.807) is 12.3 Å². The molecule has 1 aromatic carbocycles. The van der Waals surface area contributed by atoms with Gasteiger partial charge in [-0.1, -0.05) is 30.8 Å². The van der Waals surface area contributed by atoms with E-state index in [-0.39, 0.29) is 0 Å². The van der Waals surface area contributed by atoms with Crippen LogP contribution in [0.3, 0.4) is 0 Å². The highest BCUT2D eigenvalue weighted by Crippen LogP contribution is 2.28. The van der Waals surface area contributed by atoms with Gasteiger partial charge < -0.3 is 0 Å². The van der Waals surface area contributed by atoms with Crippen LogP contribution >= 0.6 is 0 Å². The maximum atomic E-state index is 4.35. The second-order valence-electron chi connectivity index (χ2n) is 3.17. The van der Waals surface area contributed by atoms with Gasteiger partial charge in [0.15, 0.2) is 0 Å². The summed E-state index contributed by atoms with van der Waals surface area (Å²) in [7, 11) is 0. The van der Waals surface area contributed by atoms with Crippen molar-refractivity contribution in [1.82, 2.24) is 4.98 Å². The highest BCUT2D eigenvalue weighted by molar-refractivity contribution is 5.95. The molecule has 0 aliphatic rings. The van der Waals surface area contributed by atoms with E-state index in [4.69, 9.17) is 0 Å². The minimum absolute atomic E-state index is 0.826. The van der Waals surface area contributed by atoms with Crippen molar-refractivity contribution in [1.29, 1.82) is 0 Å². The molecule has 0 unspecified atom stereocenters. The third-order valence-electron chi connectivity index (χ3n) is 2.25. The smallest absolute Gasteiger partial charge is 0.0960 e. The van der Waals surface area contributed by atoms with Gasteiger partial charge in [-0.3, -0.25) is 9.98 Å². The molecule has 0 aliphatic heterocycles. The zero-order valence-electron chi connectivity index (χ0n) is 8.64. The third-order valence-corrected chi connectivity index (χ3v) is 2.25. The predicted molar refractivity (Wildman–Crippen MR) is 65.7 cm³/mol. The molecule has 1 heterocycles. The zero-order valence-corrected chi connectivity index (χ0v) is 8.64. The second-order valence-corrected chi connectivity index (χ2v) is 3.17. The molecule has 0 amide bonds. The van der Waals surface area contributed by atoms with Crippen molar-refractivity contribution in [3.63, 3.8) is 0 Å². The largest absolute Gasteiger partial charge is 0.259 e. The van der Waals surface area contributed by atoms with E-state index in [1.807, 2.05) is 37.4 Å². The molecule has 0 aliphatic carbocycles. The van der Waals surface area contributed by atoms with Crippen LogP contribution in [-0.4, -0.2) is 11.2 Å². The van der Waals surface area contributed by atoms with E-state index in [1.165, 1.54) is 0 Å². The molecule has 2 rings (SSSR count). The van der Waals surface area contributed by atoms with E-state index >= 15 is 0 Å². The Morgan fingerprint density at radius 3 is 2.87 bits per heavy atom. The van der Waals surface area contributed by atoms with Gasteiger partial charge in [0.2, 0.25) is 0 Å². The summed E-state index contributed by atoms with van der Waals surface area (Å²) in [5.74, 6) is 0. The molecule has 74 valence electrons. The lowest BCUT2D eigenvalue weighted by Gasteiger charge is -2.04. The Morgan fingerprint density at radius 1 is 1.33 bits per heavy atom. The summed E-state index contributed by atoms with van der Waals surface area (Å²) in [6.45, 7) is 5.64. The zero-order chi connectivity index (χ0) is 10.7. The van der Waals surface area contributed by atoms with Gasteiger partial charge in [0.25, 0.3) is 0 Å². The van der Waals surface area contributed by atoms with Crippen molar-refractivity contribution in [3.8, 4) is 0 Å². The molecule has 2 nitrogen and oxygen atoms in total. The molecule has 0 N–H and O–H groups in total. The van der Waals surface area contributed by atoms with Crippen LogP contribution in [0, 0.1) is 0 Å². The monoisotopic (exact) mass is 196 g/mol. The van der Waals surface area contributed by atoms with E-state index in [0.717, 1.165) is 22.2 Å². The van der Waals surface area contributed by atoms with Gasteiger partial charge in [-0.15, -0.1) is 0 Å². The summed E-state index contributed by atoms with van der Waals surface area (Å²) in [4.78, 5) is 8.66. The predicted octanol–water partition coefficient (Wildman–Crippen LogP) is 3.60. The molecule has 0 saturated heterocycles. The minimum atomic E-state index is 0.826. The summed E-state index contributed by atoms with van der Waals surface area (Å²) in [5.41, 5.74) is 1.72. The highest BCUT2D eigenvalue weighted by atomic mass is 14.8. The van der Waals surface area contributed by atoms with Gasteiger partial charge >= 0.3 is 0 Å². The SMILES string of the molecule is C=Cc1ncc2ccccc2c1/N=C\C. The number of aliphatic imine (C=N–C) groups is 1. The van der Waals surface area contributed by atoms with Crippen molar-refractivity contribution in [2.24, 2.45) is 4.99 Å². The van der Waals surface area contributed by atoms with Crippen LogP contribution in [0.25, 0.3) is 16.8 Å². The number of aromatic nitrogens is 1. The maximum absolute atomic E-state index is 4.35. The third kappa shape index (κ3) is 1.66. The molecular weight excluding hydrogens is 184 g/mol. The normalized spacial score (nSPS) is 11.0. The van der Waals surface area contributed by atoms with Gasteiger partial charge in [0, 0.05) is 23.2 Å². The molecule has 1 aromatic heterocycles. The molecule has 0 atom stereocenters. The van der Waals surface area contributed by atoms with Crippen LogP contribution in [0.1, 0.15) is 12.6 Å². The Labute approximate surface area is 89.0 Å². The van der Waals surface area contributed by atoms with Gasteiger partial charge in [0.1, 0.15) is 0 Å². The molecular formula is C13H12N2. The number of hydrogen-bond donors (Lipinski definition) is 0. The van der Waals surface area contributed by atoms with Crippen LogP contribution in [0.15, 0.2) is 42.0 Å². The Kier molecular flexibility index (Phi) is 2.59. The first-order valence-electron chi connectivity index (χ1n) is 4.85. The lowest BCUT2D eigenvalue weighted by atomic mass is 10.1. The standard InChI is InChI=1S/C13H12N2/c1-3-12-13(14-4-2)11-8-6-5-7-10(11)9-15-12/h3-9H,1H2,2H3/b14-4-. The number of fused-ring (bicyclic) bond motifs is 1. The van der Waals surface area contributed by atoms with Crippen LogP contribution < -0.4 is 0 Å².